The maximum absolute atomic E-state index is 12.3. The number of thiophene rings is 1. The SMILES string of the molecule is CCNc1cc(C(=O)NC(C)Cc2cccs2)c(Cl)cn1. The Morgan fingerprint density at radius 1 is 1.52 bits per heavy atom. The van der Waals surface area contributed by atoms with Gasteiger partial charge in [-0.05, 0) is 31.4 Å². The second-order valence-electron chi connectivity index (χ2n) is 4.74. The Kier molecular flexibility index (Phi) is 5.59. The molecule has 0 aromatic carbocycles. The van der Waals surface area contributed by atoms with Crippen LogP contribution < -0.4 is 10.6 Å². The summed E-state index contributed by atoms with van der Waals surface area (Å²) in [5, 5.41) is 8.44. The predicted molar refractivity (Wildman–Crippen MR) is 88.4 cm³/mol. The average molecular weight is 324 g/mol. The number of hydrogen-bond acceptors (Lipinski definition) is 4. The molecule has 2 aromatic rings. The molecule has 1 amide bonds. The van der Waals surface area contributed by atoms with Gasteiger partial charge in [-0.15, -0.1) is 11.3 Å². The summed E-state index contributed by atoms with van der Waals surface area (Å²) < 4.78 is 0. The highest BCUT2D eigenvalue weighted by atomic mass is 35.5. The van der Waals surface area contributed by atoms with Crippen LogP contribution in [0.15, 0.2) is 29.8 Å². The fourth-order valence-corrected chi connectivity index (χ4v) is 3.00. The molecule has 2 rings (SSSR count). The highest BCUT2D eigenvalue weighted by molar-refractivity contribution is 7.09. The van der Waals surface area contributed by atoms with Crippen molar-refractivity contribution in [1.29, 1.82) is 0 Å². The van der Waals surface area contributed by atoms with Crippen molar-refractivity contribution in [2.24, 2.45) is 0 Å². The predicted octanol–water partition coefficient (Wildman–Crippen LogP) is 3.59. The van der Waals surface area contributed by atoms with Crippen LogP contribution in [0, 0.1) is 0 Å². The standard InChI is InChI=1S/C15H18ClN3OS/c1-3-17-14-8-12(13(16)9-18-14)15(20)19-10(2)7-11-5-4-6-21-11/h4-6,8-10H,3,7H2,1-2H3,(H,17,18)(H,19,20). The molecule has 2 aromatic heterocycles. The summed E-state index contributed by atoms with van der Waals surface area (Å²) in [6.45, 7) is 4.70. The summed E-state index contributed by atoms with van der Waals surface area (Å²) >= 11 is 7.76. The molecule has 4 nitrogen and oxygen atoms in total. The van der Waals surface area contributed by atoms with Crippen molar-refractivity contribution in [1.82, 2.24) is 10.3 Å². The number of halogens is 1. The van der Waals surface area contributed by atoms with Crippen LogP contribution in [0.2, 0.25) is 5.02 Å². The van der Waals surface area contributed by atoms with Crippen LogP contribution in [0.1, 0.15) is 29.1 Å². The molecule has 0 radical (unpaired) electrons. The van der Waals surface area contributed by atoms with E-state index in [1.54, 1.807) is 17.4 Å². The molecular weight excluding hydrogens is 306 g/mol. The molecule has 2 heterocycles. The van der Waals surface area contributed by atoms with E-state index in [9.17, 15) is 4.79 Å². The van der Waals surface area contributed by atoms with E-state index < -0.39 is 0 Å². The minimum Gasteiger partial charge on any atom is -0.370 e. The summed E-state index contributed by atoms with van der Waals surface area (Å²) in [7, 11) is 0. The Morgan fingerprint density at radius 2 is 2.33 bits per heavy atom. The fraction of sp³-hybridized carbons (Fsp3) is 0.333. The monoisotopic (exact) mass is 323 g/mol. The van der Waals surface area contributed by atoms with E-state index in [-0.39, 0.29) is 11.9 Å². The zero-order chi connectivity index (χ0) is 15.2. The van der Waals surface area contributed by atoms with Crippen molar-refractivity contribution < 1.29 is 4.79 Å². The lowest BCUT2D eigenvalue weighted by atomic mass is 10.1. The van der Waals surface area contributed by atoms with Crippen molar-refractivity contribution in [2.45, 2.75) is 26.3 Å². The topological polar surface area (TPSA) is 54.0 Å². The molecule has 112 valence electrons. The highest BCUT2D eigenvalue weighted by Gasteiger charge is 2.15. The molecule has 0 bridgehead atoms. The third-order valence-electron chi connectivity index (χ3n) is 2.92. The third-order valence-corrected chi connectivity index (χ3v) is 4.12. The van der Waals surface area contributed by atoms with Crippen molar-refractivity contribution in [3.8, 4) is 0 Å². The summed E-state index contributed by atoms with van der Waals surface area (Å²) in [6.07, 6.45) is 2.31. The smallest absolute Gasteiger partial charge is 0.253 e. The van der Waals surface area contributed by atoms with Crippen LogP contribution in [0.4, 0.5) is 5.82 Å². The number of aromatic nitrogens is 1. The Balaban J connectivity index is 2.03. The first kappa shape index (κ1) is 15.8. The quantitative estimate of drug-likeness (QED) is 0.854. The lowest BCUT2D eigenvalue weighted by Gasteiger charge is -2.14. The molecule has 0 spiro atoms. The third kappa shape index (κ3) is 4.44. The van der Waals surface area contributed by atoms with Crippen LogP contribution in [0.5, 0.6) is 0 Å². The number of nitrogens with one attached hydrogen (secondary N) is 2. The molecule has 0 saturated heterocycles. The van der Waals surface area contributed by atoms with E-state index in [1.165, 1.54) is 11.1 Å². The molecule has 0 fully saturated rings. The Bertz CT molecular complexity index is 601. The van der Waals surface area contributed by atoms with Gasteiger partial charge in [-0.25, -0.2) is 4.98 Å². The summed E-state index contributed by atoms with van der Waals surface area (Å²) in [5.74, 6) is 0.476. The van der Waals surface area contributed by atoms with E-state index in [1.807, 2.05) is 25.3 Å². The first-order chi connectivity index (χ1) is 10.1. The van der Waals surface area contributed by atoms with Gasteiger partial charge in [0.15, 0.2) is 0 Å². The summed E-state index contributed by atoms with van der Waals surface area (Å²) in [4.78, 5) is 17.7. The minimum atomic E-state index is -0.175. The molecule has 0 saturated carbocycles. The van der Waals surface area contributed by atoms with Gasteiger partial charge in [0.25, 0.3) is 5.91 Å². The van der Waals surface area contributed by atoms with Gasteiger partial charge in [0.05, 0.1) is 10.6 Å². The van der Waals surface area contributed by atoms with Crippen LogP contribution >= 0.6 is 22.9 Å². The van der Waals surface area contributed by atoms with Crippen LogP contribution in [-0.2, 0) is 6.42 Å². The zero-order valence-electron chi connectivity index (χ0n) is 12.0. The summed E-state index contributed by atoms with van der Waals surface area (Å²) in [6, 6.07) is 5.80. The van der Waals surface area contributed by atoms with Gasteiger partial charge in [-0.2, -0.15) is 0 Å². The first-order valence-electron chi connectivity index (χ1n) is 6.82. The van der Waals surface area contributed by atoms with Gasteiger partial charge in [-0.1, -0.05) is 17.7 Å². The lowest BCUT2D eigenvalue weighted by molar-refractivity contribution is 0.0940. The molecule has 2 N–H and O–H groups in total. The van der Waals surface area contributed by atoms with E-state index in [4.69, 9.17) is 11.6 Å². The number of anilines is 1. The second-order valence-corrected chi connectivity index (χ2v) is 6.18. The van der Waals surface area contributed by atoms with Gasteiger partial charge in [0.2, 0.25) is 0 Å². The van der Waals surface area contributed by atoms with Gasteiger partial charge < -0.3 is 10.6 Å². The van der Waals surface area contributed by atoms with Crippen LogP contribution in [-0.4, -0.2) is 23.5 Å². The molecule has 0 aliphatic rings. The van der Waals surface area contributed by atoms with Gasteiger partial charge in [0, 0.05) is 30.1 Å². The number of rotatable bonds is 6. The first-order valence-corrected chi connectivity index (χ1v) is 8.08. The molecule has 0 aliphatic heterocycles. The maximum Gasteiger partial charge on any atom is 0.253 e. The average Bonchev–Trinajstić information content (AvgIpc) is 2.93. The van der Waals surface area contributed by atoms with Crippen molar-refractivity contribution in [3.63, 3.8) is 0 Å². The number of carbonyl (C=O) groups excluding carboxylic acids is 1. The Morgan fingerprint density at radius 3 is 3.00 bits per heavy atom. The minimum absolute atomic E-state index is 0.0444. The number of pyridine rings is 1. The molecule has 1 atom stereocenters. The number of nitrogens with zero attached hydrogens (tertiary/aromatic N) is 1. The zero-order valence-corrected chi connectivity index (χ0v) is 13.6. The van der Waals surface area contributed by atoms with E-state index in [0.717, 1.165) is 13.0 Å². The molecule has 6 heteroatoms. The normalized spacial score (nSPS) is 12.0. The van der Waals surface area contributed by atoms with E-state index >= 15 is 0 Å². The number of amides is 1. The Labute approximate surface area is 133 Å². The van der Waals surface area contributed by atoms with Crippen molar-refractivity contribution in [2.75, 3.05) is 11.9 Å². The Hall–Kier alpha value is -1.59. The molecule has 1 unspecified atom stereocenters. The fourth-order valence-electron chi connectivity index (χ4n) is 1.97. The van der Waals surface area contributed by atoms with Crippen molar-refractivity contribution in [3.05, 3.63) is 45.2 Å². The number of carbonyl (C=O) groups is 1. The largest absolute Gasteiger partial charge is 0.370 e. The maximum atomic E-state index is 12.3. The van der Waals surface area contributed by atoms with Crippen LogP contribution in [0.3, 0.4) is 0 Å². The van der Waals surface area contributed by atoms with E-state index in [0.29, 0.717) is 16.4 Å². The summed E-state index contributed by atoms with van der Waals surface area (Å²) in [5.41, 5.74) is 0.445. The van der Waals surface area contributed by atoms with Crippen LogP contribution in [0.25, 0.3) is 0 Å². The van der Waals surface area contributed by atoms with E-state index in [2.05, 4.69) is 21.7 Å². The van der Waals surface area contributed by atoms with Gasteiger partial charge in [0.1, 0.15) is 5.82 Å². The number of hydrogen-bond donors (Lipinski definition) is 2. The molecular formula is C15H18ClN3OS. The van der Waals surface area contributed by atoms with Gasteiger partial charge >= 0.3 is 0 Å². The lowest BCUT2D eigenvalue weighted by Crippen LogP contribution is -2.34. The van der Waals surface area contributed by atoms with Gasteiger partial charge in [-0.3, -0.25) is 4.79 Å². The second kappa shape index (κ2) is 7.43. The molecule has 21 heavy (non-hydrogen) atoms. The van der Waals surface area contributed by atoms with Crippen molar-refractivity contribution >= 4 is 34.7 Å². The highest BCUT2D eigenvalue weighted by Crippen LogP contribution is 2.18. The molecule has 0 aliphatic carbocycles.